The number of thioether (sulfide) groups is 1. The smallest absolute Gasteiger partial charge is 0.305 e. The van der Waals surface area contributed by atoms with Crippen LogP contribution >= 0.6 is 23.1 Å². The standard InChI is InChI=1S/C13H20N2O2S2/c1-9-10(2)18-7-6-15(9)13-14-11(8-19-13)4-5-12(16)17-3/h8-10H,4-7H2,1-3H3. The summed E-state index contributed by atoms with van der Waals surface area (Å²) in [6.45, 7) is 5.58. The molecule has 1 aliphatic rings. The molecular formula is C13H20N2O2S2. The van der Waals surface area contributed by atoms with Crippen LogP contribution in [0.2, 0.25) is 0 Å². The fourth-order valence-electron chi connectivity index (χ4n) is 2.08. The molecule has 2 heterocycles. The molecule has 4 nitrogen and oxygen atoms in total. The molecular weight excluding hydrogens is 280 g/mol. The molecule has 2 rings (SSSR count). The Balaban J connectivity index is 1.98. The fourth-order valence-corrected chi connectivity index (χ4v) is 4.15. The van der Waals surface area contributed by atoms with Gasteiger partial charge in [0.2, 0.25) is 0 Å². The van der Waals surface area contributed by atoms with Crippen molar-refractivity contribution in [1.82, 2.24) is 4.98 Å². The largest absolute Gasteiger partial charge is 0.469 e. The Labute approximate surface area is 122 Å². The first-order chi connectivity index (χ1) is 9.11. The van der Waals surface area contributed by atoms with Gasteiger partial charge in [-0.15, -0.1) is 11.3 Å². The summed E-state index contributed by atoms with van der Waals surface area (Å²) in [7, 11) is 1.42. The van der Waals surface area contributed by atoms with Gasteiger partial charge in [-0.05, 0) is 6.92 Å². The molecule has 1 aromatic rings. The second-order valence-electron chi connectivity index (χ2n) is 4.71. The lowest BCUT2D eigenvalue weighted by molar-refractivity contribution is -0.140. The monoisotopic (exact) mass is 300 g/mol. The SMILES string of the molecule is COC(=O)CCc1csc(N2CCSC(C)C2C)n1. The molecule has 0 aromatic carbocycles. The lowest BCUT2D eigenvalue weighted by Crippen LogP contribution is -2.44. The maximum absolute atomic E-state index is 11.1. The van der Waals surface area contributed by atoms with E-state index in [1.807, 2.05) is 11.8 Å². The van der Waals surface area contributed by atoms with Crippen molar-refractivity contribution in [2.45, 2.75) is 38.0 Å². The van der Waals surface area contributed by atoms with E-state index in [-0.39, 0.29) is 5.97 Å². The van der Waals surface area contributed by atoms with E-state index in [2.05, 4.69) is 33.8 Å². The van der Waals surface area contributed by atoms with Crippen molar-refractivity contribution in [3.8, 4) is 0 Å². The van der Waals surface area contributed by atoms with E-state index < -0.39 is 0 Å². The minimum Gasteiger partial charge on any atom is -0.469 e. The number of nitrogens with zero attached hydrogens (tertiary/aromatic N) is 2. The Hall–Kier alpha value is -0.750. The zero-order valence-corrected chi connectivity index (χ0v) is 13.2. The van der Waals surface area contributed by atoms with Crippen LogP contribution in [0.3, 0.4) is 0 Å². The summed E-state index contributed by atoms with van der Waals surface area (Å²) >= 11 is 3.70. The van der Waals surface area contributed by atoms with E-state index in [4.69, 9.17) is 0 Å². The average molecular weight is 300 g/mol. The Bertz CT molecular complexity index is 436. The number of hydrogen-bond acceptors (Lipinski definition) is 6. The van der Waals surface area contributed by atoms with E-state index in [0.717, 1.165) is 23.1 Å². The first kappa shape index (κ1) is 14.7. The van der Waals surface area contributed by atoms with Gasteiger partial charge in [-0.2, -0.15) is 11.8 Å². The van der Waals surface area contributed by atoms with Crippen LogP contribution in [0.15, 0.2) is 5.38 Å². The summed E-state index contributed by atoms with van der Waals surface area (Å²) in [5, 5.41) is 3.77. The van der Waals surface area contributed by atoms with Gasteiger partial charge < -0.3 is 9.64 Å². The van der Waals surface area contributed by atoms with Crippen LogP contribution < -0.4 is 4.90 Å². The number of carbonyl (C=O) groups is 1. The maximum Gasteiger partial charge on any atom is 0.305 e. The normalized spacial score (nSPS) is 23.4. The molecule has 0 amide bonds. The minimum absolute atomic E-state index is 0.175. The minimum atomic E-state index is -0.175. The Kier molecular flexibility index (Phi) is 5.10. The van der Waals surface area contributed by atoms with Crippen LogP contribution in [0, 0.1) is 0 Å². The molecule has 0 aliphatic carbocycles. The van der Waals surface area contributed by atoms with Crippen molar-refractivity contribution in [3.63, 3.8) is 0 Å². The number of anilines is 1. The number of esters is 1. The zero-order chi connectivity index (χ0) is 13.8. The summed E-state index contributed by atoms with van der Waals surface area (Å²) in [5.74, 6) is 0.980. The molecule has 0 radical (unpaired) electrons. The molecule has 2 unspecified atom stereocenters. The van der Waals surface area contributed by atoms with Gasteiger partial charge in [-0.1, -0.05) is 6.92 Å². The van der Waals surface area contributed by atoms with E-state index in [1.165, 1.54) is 7.11 Å². The van der Waals surface area contributed by atoms with Gasteiger partial charge in [0, 0.05) is 35.4 Å². The zero-order valence-electron chi connectivity index (χ0n) is 11.6. The molecule has 1 fully saturated rings. The Morgan fingerprint density at radius 1 is 1.58 bits per heavy atom. The van der Waals surface area contributed by atoms with Gasteiger partial charge in [0.25, 0.3) is 0 Å². The lowest BCUT2D eigenvalue weighted by Gasteiger charge is -2.37. The molecule has 19 heavy (non-hydrogen) atoms. The highest BCUT2D eigenvalue weighted by atomic mass is 32.2. The second kappa shape index (κ2) is 6.61. The summed E-state index contributed by atoms with van der Waals surface area (Å²) in [6, 6.07) is 0.512. The molecule has 1 saturated heterocycles. The second-order valence-corrected chi connectivity index (χ2v) is 7.03. The van der Waals surface area contributed by atoms with Gasteiger partial charge in [-0.25, -0.2) is 4.98 Å². The third-order valence-electron chi connectivity index (χ3n) is 3.48. The van der Waals surface area contributed by atoms with Gasteiger partial charge in [0.1, 0.15) is 0 Å². The molecule has 0 spiro atoms. The molecule has 106 valence electrons. The molecule has 2 atom stereocenters. The van der Waals surface area contributed by atoms with E-state index in [9.17, 15) is 4.79 Å². The van der Waals surface area contributed by atoms with Crippen molar-refractivity contribution in [2.75, 3.05) is 24.3 Å². The van der Waals surface area contributed by atoms with Gasteiger partial charge in [0.15, 0.2) is 5.13 Å². The van der Waals surface area contributed by atoms with Crippen molar-refractivity contribution < 1.29 is 9.53 Å². The molecule has 1 aliphatic heterocycles. The summed E-state index contributed by atoms with van der Waals surface area (Å²) in [5.41, 5.74) is 0.989. The van der Waals surface area contributed by atoms with Gasteiger partial charge in [0.05, 0.1) is 19.2 Å². The highest BCUT2D eigenvalue weighted by molar-refractivity contribution is 8.00. The molecule has 1 aromatic heterocycles. The first-order valence-corrected chi connectivity index (χ1v) is 8.44. The van der Waals surface area contributed by atoms with E-state index in [1.54, 1.807) is 11.3 Å². The van der Waals surface area contributed by atoms with Crippen molar-refractivity contribution >= 4 is 34.2 Å². The molecule has 0 N–H and O–H groups in total. The van der Waals surface area contributed by atoms with Crippen LogP contribution in [-0.2, 0) is 16.0 Å². The first-order valence-electron chi connectivity index (χ1n) is 6.51. The number of hydrogen-bond donors (Lipinski definition) is 0. The number of methoxy groups -OCH3 is 1. The fraction of sp³-hybridized carbons (Fsp3) is 0.692. The topological polar surface area (TPSA) is 42.4 Å². The number of ether oxygens (including phenoxy) is 1. The quantitative estimate of drug-likeness (QED) is 0.800. The van der Waals surface area contributed by atoms with Crippen LogP contribution in [0.1, 0.15) is 26.0 Å². The summed E-state index contributed by atoms with van der Waals surface area (Å²) in [6.07, 6.45) is 1.07. The number of thiazole rings is 1. The molecule has 0 saturated carbocycles. The third kappa shape index (κ3) is 3.63. The van der Waals surface area contributed by atoms with E-state index in [0.29, 0.717) is 24.1 Å². The summed E-state index contributed by atoms with van der Waals surface area (Å²) in [4.78, 5) is 18.2. The van der Waals surface area contributed by atoms with Gasteiger partial charge in [-0.3, -0.25) is 4.79 Å². The number of rotatable bonds is 4. The summed E-state index contributed by atoms with van der Waals surface area (Å²) < 4.78 is 4.65. The van der Waals surface area contributed by atoms with E-state index >= 15 is 0 Å². The number of aromatic nitrogens is 1. The average Bonchev–Trinajstić information content (AvgIpc) is 2.87. The van der Waals surface area contributed by atoms with Gasteiger partial charge >= 0.3 is 5.97 Å². The predicted octanol–water partition coefficient (Wildman–Crippen LogP) is 2.58. The van der Waals surface area contributed by atoms with Crippen LogP contribution in [0.5, 0.6) is 0 Å². The highest BCUT2D eigenvalue weighted by Gasteiger charge is 2.27. The van der Waals surface area contributed by atoms with Crippen molar-refractivity contribution in [3.05, 3.63) is 11.1 Å². The molecule has 0 bridgehead atoms. The maximum atomic E-state index is 11.1. The lowest BCUT2D eigenvalue weighted by atomic mass is 10.2. The number of carbonyl (C=O) groups excluding carboxylic acids is 1. The van der Waals surface area contributed by atoms with Crippen LogP contribution in [0.4, 0.5) is 5.13 Å². The van der Waals surface area contributed by atoms with Crippen LogP contribution in [0.25, 0.3) is 0 Å². The highest BCUT2D eigenvalue weighted by Crippen LogP contribution is 2.31. The third-order valence-corrected chi connectivity index (χ3v) is 5.75. The predicted molar refractivity (Wildman–Crippen MR) is 81.2 cm³/mol. The number of aryl methyl sites for hydroxylation is 1. The van der Waals surface area contributed by atoms with Crippen molar-refractivity contribution in [2.24, 2.45) is 0 Å². The van der Waals surface area contributed by atoms with Crippen LogP contribution in [-0.4, -0.2) is 41.7 Å². The Morgan fingerprint density at radius 3 is 3.11 bits per heavy atom. The van der Waals surface area contributed by atoms with Crippen molar-refractivity contribution in [1.29, 1.82) is 0 Å². The molecule has 6 heteroatoms. The Morgan fingerprint density at radius 2 is 2.37 bits per heavy atom.